The van der Waals surface area contributed by atoms with Crippen LogP contribution in [0.3, 0.4) is 0 Å². The average molecular weight is 801 g/mol. The van der Waals surface area contributed by atoms with Crippen LogP contribution >= 0.6 is 0 Å². The molecule has 0 fully saturated rings. The van der Waals surface area contributed by atoms with E-state index in [1.165, 1.54) is 88.6 Å². The van der Waals surface area contributed by atoms with E-state index in [1.54, 1.807) is 0 Å². The summed E-state index contributed by atoms with van der Waals surface area (Å²) in [6, 6.07) is 89.5. The van der Waals surface area contributed by atoms with Crippen molar-refractivity contribution in [1.29, 1.82) is 0 Å². The highest BCUT2D eigenvalue weighted by molar-refractivity contribution is 6.16. The van der Waals surface area contributed by atoms with Gasteiger partial charge in [-0.15, -0.1) is 0 Å². The molecule has 0 amide bonds. The number of aromatic nitrogens is 1. The van der Waals surface area contributed by atoms with Crippen molar-refractivity contribution in [1.82, 2.24) is 4.57 Å². The number of fused-ring (bicyclic) bond motifs is 13. The molecule has 2 aliphatic rings. The topological polar surface area (TPSA) is 8.17 Å². The van der Waals surface area contributed by atoms with Gasteiger partial charge in [-0.3, -0.25) is 0 Å². The van der Waals surface area contributed by atoms with Crippen LogP contribution in [0.2, 0.25) is 0 Å². The maximum Gasteiger partial charge on any atom is 0.0726 e. The first-order valence-corrected chi connectivity index (χ1v) is 21.8. The largest absolute Gasteiger partial charge is 0.310 e. The van der Waals surface area contributed by atoms with Crippen LogP contribution in [0.1, 0.15) is 22.3 Å². The second-order valence-electron chi connectivity index (χ2n) is 16.8. The Morgan fingerprint density at radius 2 is 0.794 bits per heavy atom. The van der Waals surface area contributed by atoms with Crippen molar-refractivity contribution in [3.05, 3.63) is 265 Å². The third-order valence-electron chi connectivity index (χ3n) is 13.6. The summed E-state index contributed by atoms with van der Waals surface area (Å²) >= 11 is 0. The molecule has 63 heavy (non-hydrogen) atoms. The molecule has 2 aliphatic carbocycles. The lowest BCUT2D eigenvalue weighted by Crippen LogP contribution is -2.26. The van der Waals surface area contributed by atoms with E-state index in [-0.39, 0.29) is 0 Å². The van der Waals surface area contributed by atoms with E-state index in [0.717, 1.165) is 22.7 Å². The Balaban J connectivity index is 1.03. The molecule has 1 spiro atoms. The van der Waals surface area contributed by atoms with E-state index in [1.807, 2.05) is 0 Å². The van der Waals surface area contributed by atoms with Gasteiger partial charge in [-0.05, 0) is 127 Å². The van der Waals surface area contributed by atoms with Crippen LogP contribution in [0.25, 0.3) is 72.0 Å². The van der Waals surface area contributed by atoms with Gasteiger partial charge >= 0.3 is 0 Å². The first kappa shape index (κ1) is 35.5. The second-order valence-corrected chi connectivity index (χ2v) is 16.8. The molecule has 0 bridgehead atoms. The van der Waals surface area contributed by atoms with Gasteiger partial charge in [-0.2, -0.15) is 0 Å². The first-order chi connectivity index (χ1) is 31.3. The van der Waals surface area contributed by atoms with Gasteiger partial charge in [-0.25, -0.2) is 0 Å². The standard InChI is InChI=1S/C61H40N2/c1-3-17-41(18-4-1)42-33-35-45(36-34-42)62(46-22-15-19-43(39-46)48-27-16-32-59-60(48)53-26-10-14-31-58(53)63(59)44-20-5-2-6-21-44)47-37-38-52-51-25-9-13-30-56(51)61(57(52)40-47)54-28-11-7-23-49(54)50-24-8-12-29-55(50)61/h1-40H. The molecular formula is C61H40N2. The predicted molar refractivity (Wildman–Crippen MR) is 263 cm³/mol. The molecular weight excluding hydrogens is 761 g/mol. The lowest BCUT2D eigenvalue weighted by atomic mass is 9.70. The summed E-state index contributed by atoms with van der Waals surface area (Å²) in [4.78, 5) is 2.45. The minimum absolute atomic E-state index is 0.442. The summed E-state index contributed by atoms with van der Waals surface area (Å²) in [7, 11) is 0. The van der Waals surface area contributed by atoms with Crippen molar-refractivity contribution in [2.75, 3.05) is 4.90 Å². The maximum absolute atomic E-state index is 2.49. The Hall–Kier alpha value is -8.20. The van der Waals surface area contributed by atoms with Crippen LogP contribution in [0.4, 0.5) is 17.1 Å². The molecule has 2 heteroatoms. The number of benzene rings is 10. The van der Waals surface area contributed by atoms with Crippen LogP contribution < -0.4 is 4.90 Å². The fourth-order valence-corrected chi connectivity index (χ4v) is 11.0. The van der Waals surface area contributed by atoms with Crippen LogP contribution in [0.5, 0.6) is 0 Å². The van der Waals surface area contributed by atoms with E-state index in [9.17, 15) is 0 Å². The van der Waals surface area contributed by atoms with Crippen molar-refractivity contribution in [2.45, 2.75) is 5.41 Å². The highest BCUT2D eigenvalue weighted by Gasteiger charge is 2.51. The Bertz CT molecular complexity index is 3500. The number of hydrogen-bond donors (Lipinski definition) is 0. The molecule has 294 valence electrons. The number of hydrogen-bond acceptors (Lipinski definition) is 1. The van der Waals surface area contributed by atoms with Crippen molar-refractivity contribution < 1.29 is 0 Å². The van der Waals surface area contributed by atoms with E-state index >= 15 is 0 Å². The van der Waals surface area contributed by atoms with Crippen LogP contribution in [-0.2, 0) is 5.41 Å². The Morgan fingerprint density at radius 3 is 1.49 bits per heavy atom. The van der Waals surface area contributed by atoms with Crippen LogP contribution in [0.15, 0.2) is 243 Å². The molecule has 0 aliphatic heterocycles. The molecule has 1 aromatic heterocycles. The lowest BCUT2D eigenvalue weighted by molar-refractivity contribution is 0.793. The summed E-state index contributed by atoms with van der Waals surface area (Å²) in [6.07, 6.45) is 0. The minimum atomic E-state index is -0.442. The van der Waals surface area contributed by atoms with Gasteiger partial charge < -0.3 is 9.47 Å². The maximum atomic E-state index is 2.49. The third kappa shape index (κ3) is 5.19. The van der Waals surface area contributed by atoms with Gasteiger partial charge in [-0.1, -0.05) is 182 Å². The van der Waals surface area contributed by atoms with Crippen molar-refractivity contribution in [3.8, 4) is 50.2 Å². The molecule has 0 N–H and O–H groups in total. The molecule has 0 saturated carbocycles. The zero-order chi connectivity index (χ0) is 41.5. The van der Waals surface area contributed by atoms with Crippen molar-refractivity contribution in [3.63, 3.8) is 0 Å². The molecule has 0 atom stereocenters. The quantitative estimate of drug-likeness (QED) is 0.163. The molecule has 0 radical (unpaired) electrons. The van der Waals surface area contributed by atoms with E-state index in [0.29, 0.717) is 0 Å². The van der Waals surface area contributed by atoms with Gasteiger partial charge in [0.05, 0.1) is 16.4 Å². The molecule has 2 nitrogen and oxygen atoms in total. The van der Waals surface area contributed by atoms with Gasteiger partial charge in [0, 0.05) is 33.5 Å². The highest BCUT2D eigenvalue weighted by atomic mass is 15.1. The fourth-order valence-electron chi connectivity index (χ4n) is 11.0. The zero-order valence-electron chi connectivity index (χ0n) is 34.5. The fraction of sp³-hybridized carbons (Fsp3) is 0.0164. The van der Waals surface area contributed by atoms with E-state index in [2.05, 4.69) is 252 Å². The SMILES string of the molecule is c1ccc(-c2ccc(N(c3cccc(-c4cccc5c4c4ccccc4n5-c4ccccc4)c3)c3ccc4c(c3)C3(c5ccccc5-c5ccccc53)c3ccccc3-4)cc2)cc1. The Labute approximate surface area is 367 Å². The van der Waals surface area contributed by atoms with E-state index in [4.69, 9.17) is 0 Å². The monoisotopic (exact) mass is 800 g/mol. The Kier molecular flexibility index (Phi) is 7.85. The summed E-state index contributed by atoms with van der Waals surface area (Å²) in [5.41, 5.74) is 21.8. The van der Waals surface area contributed by atoms with Crippen LogP contribution in [-0.4, -0.2) is 4.57 Å². The Morgan fingerprint density at radius 1 is 0.302 bits per heavy atom. The van der Waals surface area contributed by atoms with Gasteiger partial charge in [0.2, 0.25) is 0 Å². The normalized spacial score (nSPS) is 12.9. The second kappa shape index (κ2) is 13.9. The minimum Gasteiger partial charge on any atom is -0.310 e. The number of nitrogens with zero attached hydrogens (tertiary/aromatic N) is 2. The van der Waals surface area contributed by atoms with E-state index < -0.39 is 5.41 Å². The number of anilines is 3. The summed E-state index contributed by atoms with van der Waals surface area (Å²) in [5, 5.41) is 2.50. The summed E-state index contributed by atoms with van der Waals surface area (Å²) in [5.74, 6) is 0. The van der Waals surface area contributed by atoms with Crippen molar-refractivity contribution in [2.24, 2.45) is 0 Å². The third-order valence-corrected chi connectivity index (χ3v) is 13.6. The highest BCUT2D eigenvalue weighted by Crippen LogP contribution is 2.63. The number of para-hydroxylation sites is 2. The number of rotatable bonds is 6. The first-order valence-electron chi connectivity index (χ1n) is 21.8. The molecule has 0 unspecified atom stereocenters. The summed E-state index contributed by atoms with van der Waals surface area (Å²) < 4.78 is 2.40. The average Bonchev–Trinajstić information content (AvgIpc) is 3.97. The molecule has 11 aromatic rings. The molecule has 13 rings (SSSR count). The van der Waals surface area contributed by atoms with Crippen LogP contribution in [0, 0.1) is 0 Å². The van der Waals surface area contributed by atoms with Gasteiger partial charge in [0.15, 0.2) is 0 Å². The van der Waals surface area contributed by atoms with Gasteiger partial charge in [0.1, 0.15) is 0 Å². The van der Waals surface area contributed by atoms with Gasteiger partial charge in [0.25, 0.3) is 0 Å². The molecule has 10 aromatic carbocycles. The lowest BCUT2D eigenvalue weighted by Gasteiger charge is -2.32. The molecule has 0 saturated heterocycles. The summed E-state index contributed by atoms with van der Waals surface area (Å²) in [6.45, 7) is 0. The van der Waals surface area contributed by atoms with Crippen molar-refractivity contribution >= 4 is 38.9 Å². The zero-order valence-corrected chi connectivity index (χ0v) is 34.5. The predicted octanol–water partition coefficient (Wildman–Crippen LogP) is 15.9. The smallest absolute Gasteiger partial charge is 0.0726 e. The molecule has 1 heterocycles.